The van der Waals surface area contributed by atoms with Crippen LogP contribution < -0.4 is 10.6 Å². The van der Waals surface area contributed by atoms with E-state index < -0.39 is 12.6 Å². The SMILES string of the molecule is CCc1ccc(C(CNC(=NC)NCCC(F)(F)F)N(C)C)cc1. The van der Waals surface area contributed by atoms with Crippen LogP contribution in [0.25, 0.3) is 0 Å². The fourth-order valence-electron chi connectivity index (χ4n) is 2.31. The van der Waals surface area contributed by atoms with Gasteiger partial charge in [-0.15, -0.1) is 0 Å². The van der Waals surface area contributed by atoms with Crippen molar-refractivity contribution in [1.29, 1.82) is 0 Å². The Balaban J connectivity index is 2.61. The van der Waals surface area contributed by atoms with E-state index in [0.717, 1.165) is 12.0 Å². The predicted molar refractivity (Wildman–Crippen MR) is 92.3 cm³/mol. The van der Waals surface area contributed by atoms with Crippen molar-refractivity contribution in [3.8, 4) is 0 Å². The molecule has 24 heavy (non-hydrogen) atoms. The lowest BCUT2D eigenvalue weighted by molar-refractivity contribution is -0.132. The zero-order valence-electron chi connectivity index (χ0n) is 14.7. The Bertz CT molecular complexity index is 510. The van der Waals surface area contributed by atoms with Crippen LogP contribution in [-0.2, 0) is 6.42 Å². The number of aliphatic imine (C=N–C) groups is 1. The Morgan fingerprint density at radius 1 is 1.17 bits per heavy atom. The van der Waals surface area contributed by atoms with Crippen LogP contribution in [0, 0.1) is 0 Å². The number of alkyl halides is 3. The van der Waals surface area contributed by atoms with Gasteiger partial charge in [-0.3, -0.25) is 4.99 Å². The van der Waals surface area contributed by atoms with E-state index in [1.165, 1.54) is 5.56 Å². The molecule has 0 radical (unpaired) electrons. The van der Waals surface area contributed by atoms with Crippen LogP contribution in [0.2, 0.25) is 0 Å². The molecule has 0 bridgehead atoms. The molecule has 1 aromatic rings. The lowest BCUT2D eigenvalue weighted by atomic mass is 10.0. The molecule has 0 fully saturated rings. The summed E-state index contributed by atoms with van der Waals surface area (Å²) in [5.74, 6) is 0.372. The Kier molecular flexibility index (Phi) is 8.04. The molecule has 4 nitrogen and oxygen atoms in total. The lowest BCUT2D eigenvalue weighted by Gasteiger charge is -2.26. The first-order valence-electron chi connectivity index (χ1n) is 8.03. The molecule has 0 aromatic heterocycles. The third-order valence-corrected chi connectivity index (χ3v) is 3.78. The fraction of sp³-hybridized carbons (Fsp3) is 0.588. The van der Waals surface area contributed by atoms with Gasteiger partial charge in [-0.25, -0.2) is 0 Å². The number of hydrogen-bond acceptors (Lipinski definition) is 2. The van der Waals surface area contributed by atoms with Gasteiger partial charge in [0.1, 0.15) is 0 Å². The zero-order valence-corrected chi connectivity index (χ0v) is 14.7. The average molecular weight is 344 g/mol. The van der Waals surface area contributed by atoms with Gasteiger partial charge < -0.3 is 15.5 Å². The number of benzene rings is 1. The fourth-order valence-corrected chi connectivity index (χ4v) is 2.31. The number of rotatable bonds is 7. The summed E-state index contributed by atoms with van der Waals surface area (Å²) in [6.45, 7) is 2.46. The third kappa shape index (κ3) is 7.21. The minimum atomic E-state index is -4.17. The number of aryl methyl sites for hydroxylation is 1. The van der Waals surface area contributed by atoms with Gasteiger partial charge in [0.05, 0.1) is 12.5 Å². The van der Waals surface area contributed by atoms with Gasteiger partial charge in [0.25, 0.3) is 0 Å². The van der Waals surface area contributed by atoms with Crippen molar-refractivity contribution in [3.63, 3.8) is 0 Å². The van der Waals surface area contributed by atoms with E-state index in [0.29, 0.717) is 12.5 Å². The van der Waals surface area contributed by atoms with E-state index in [1.807, 2.05) is 14.1 Å². The third-order valence-electron chi connectivity index (χ3n) is 3.78. The van der Waals surface area contributed by atoms with Crippen LogP contribution in [0.4, 0.5) is 13.2 Å². The monoisotopic (exact) mass is 344 g/mol. The van der Waals surface area contributed by atoms with Crippen LogP contribution in [0.15, 0.2) is 29.3 Å². The van der Waals surface area contributed by atoms with Gasteiger partial charge in [-0.1, -0.05) is 31.2 Å². The van der Waals surface area contributed by atoms with Crippen LogP contribution >= 0.6 is 0 Å². The van der Waals surface area contributed by atoms with E-state index in [2.05, 4.69) is 51.7 Å². The molecule has 0 spiro atoms. The highest BCUT2D eigenvalue weighted by atomic mass is 19.4. The molecule has 1 atom stereocenters. The summed E-state index contributed by atoms with van der Waals surface area (Å²) in [7, 11) is 5.49. The molecule has 7 heteroatoms. The van der Waals surface area contributed by atoms with E-state index in [9.17, 15) is 13.2 Å². The summed E-state index contributed by atoms with van der Waals surface area (Å²) in [5, 5.41) is 5.78. The van der Waals surface area contributed by atoms with Gasteiger partial charge in [0.15, 0.2) is 5.96 Å². The summed E-state index contributed by atoms with van der Waals surface area (Å²) >= 11 is 0. The summed E-state index contributed by atoms with van der Waals surface area (Å²) in [6, 6.07) is 8.47. The molecule has 1 aromatic carbocycles. The average Bonchev–Trinajstić information content (AvgIpc) is 2.52. The number of likely N-dealkylation sites (N-methyl/N-ethyl adjacent to an activating group) is 1. The summed E-state index contributed by atoms with van der Waals surface area (Å²) in [5.41, 5.74) is 2.42. The molecule has 0 aliphatic rings. The quantitative estimate of drug-likeness (QED) is 0.590. The number of guanidine groups is 1. The first-order chi connectivity index (χ1) is 11.3. The van der Waals surface area contributed by atoms with Gasteiger partial charge in [0.2, 0.25) is 0 Å². The topological polar surface area (TPSA) is 39.7 Å². The maximum Gasteiger partial charge on any atom is 0.390 e. The Hall–Kier alpha value is -1.76. The van der Waals surface area contributed by atoms with Crippen molar-refractivity contribution < 1.29 is 13.2 Å². The van der Waals surface area contributed by atoms with Crippen LogP contribution in [0.3, 0.4) is 0 Å². The highest BCUT2D eigenvalue weighted by Crippen LogP contribution is 2.19. The molecule has 1 rings (SSSR count). The van der Waals surface area contributed by atoms with Gasteiger partial charge in [-0.2, -0.15) is 13.2 Å². The summed E-state index contributed by atoms with van der Waals surface area (Å²) < 4.78 is 36.6. The van der Waals surface area contributed by atoms with Crippen molar-refractivity contribution >= 4 is 5.96 Å². The molecular formula is C17H27F3N4. The Morgan fingerprint density at radius 3 is 2.25 bits per heavy atom. The summed E-state index contributed by atoms with van der Waals surface area (Å²) in [6.07, 6.45) is -4.07. The number of halogens is 3. The molecule has 136 valence electrons. The highest BCUT2D eigenvalue weighted by Gasteiger charge is 2.26. The minimum absolute atomic E-state index is 0.0945. The van der Waals surface area contributed by atoms with E-state index >= 15 is 0 Å². The van der Waals surface area contributed by atoms with Gasteiger partial charge in [0, 0.05) is 20.1 Å². The number of hydrogen-bond donors (Lipinski definition) is 2. The second-order valence-corrected chi connectivity index (χ2v) is 5.82. The van der Waals surface area contributed by atoms with Crippen LogP contribution in [-0.4, -0.2) is 51.3 Å². The molecule has 0 saturated heterocycles. The highest BCUT2D eigenvalue weighted by molar-refractivity contribution is 5.79. The van der Waals surface area contributed by atoms with Crippen molar-refractivity contribution in [3.05, 3.63) is 35.4 Å². The Morgan fingerprint density at radius 2 is 1.79 bits per heavy atom. The largest absolute Gasteiger partial charge is 0.390 e. The van der Waals surface area contributed by atoms with E-state index in [-0.39, 0.29) is 12.6 Å². The number of nitrogens with one attached hydrogen (secondary N) is 2. The summed E-state index contributed by atoms with van der Waals surface area (Å²) in [4.78, 5) is 6.03. The van der Waals surface area contributed by atoms with E-state index in [4.69, 9.17) is 0 Å². The molecule has 2 N–H and O–H groups in total. The second kappa shape index (κ2) is 9.52. The first-order valence-corrected chi connectivity index (χ1v) is 8.03. The molecule has 0 amide bonds. The minimum Gasteiger partial charge on any atom is -0.356 e. The molecule has 0 heterocycles. The normalized spacial score (nSPS) is 13.9. The predicted octanol–water partition coefficient (Wildman–Crippen LogP) is 2.97. The molecule has 0 aliphatic carbocycles. The smallest absolute Gasteiger partial charge is 0.356 e. The molecule has 0 saturated carbocycles. The van der Waals surface area contributed by atoms with Crippen molar-refractivity contribution in [1.82, 2.24) is 15.5 Å². The molecule has 1 unspecified atom stereocenters. The van der Waals surface area contributed by atoms with E-state index in [1.54, 1.807) is 7.05 Å². The van der Waals surface area contributed by atoms with Crippen LogP contribution in [0.5, 0.6) is 0 Å². The molecular weight excluding hydrogens is 317 g/mol. The zero-order chi connectivity index (χ0) is 18.2. The van der Waals surface area contributed by atoms with Gasteiger partial charge >= 0.3 is 6.18 Å². The second-order valence-electron chi connectivity index (χ2n) is 5.82. The van der Waals surface area contributed by atoms with Crippen LogP contribution in [0.1, 0.15) is 30.5 Å². The van der Waals surface area contributed by atoms with Crippen molar-refractivity contribution in [2.24, 2.45) is 4.99 Å². The van der Waals surface area contributed by atoms with Crippen molar-refractivity contribution in [2.75, 3.05) is 34.2 Å². The maximum absolute atomic E-state index is 12.2. The Labute approximate surface area is 142 Å². The lowest BCUT2D eigenvalue weighted by Crippen LogP contribution is -2.42. The molecule has 0 aliphatic heterocycles. The van der Waals surface area contributed by atoms with Crippen molar-refractivity contribution in [2.45, 2.75) is 32.0 Å². The maximum atomic E-state index is 12.2. The standard InChI is InChI=1S/C17H27F3N4/c1-5-13-6-8-14(9-7-13)15(24(3)4)12-23-16(21-2)22-11-10-17(18,19)20/h6-9,15H,5,10-12H2,1-4H3,(H2,21,22,23). The first kappa shape index (κ1) is 20.3. The number of nitrogens with zero attached hydrogens (tertiary/aromatic N) is 2. The van der Waals surface area contributed by atoms with Gasteiger partial charge in [-0.05, 0) is 31.6 Å².